The number of alkyl halides is 3. The van der Waals surface area contributed by atoms with Gasteiger partial charge in [-0.1, -0.05) is 35.3 Å². The fraction of sp³-hybridized carbons (Fsp3) is 0.318. The average Bonchev–Trinajstić information content (AvgIpc) is 3.06. The van der Waals surface area contributed by atoms with Gasteiger partial charge >= 0.3 is 11.9 Å². The van der Waals surface area contributed by atoms with Gasteiger partial charge in [0.2, 0.25) is 5.91 Å². The van der Waals surface area contributed by atoms with Crippen LogP contribution in [0.2, 0.25) is 10.0 Å². The van der Waals surface area contributed by atoms with Crippen molar-refractivity contribution < 1.29 is 23.1 Å². The number of carbonyl (C=O) groups is 1. The van der Waals surface area contributed by atoms with Gasteiger partial charge in [0.1, 0.15) is 6.54 Å². The summed E-state index contributed by atoms with van der Waals surface area (Å²) >= 11 is 11.9. The molecule has 0 saturated heterocycles. The Labute approximate surface area is 202 Å². The highest BCUT2D eigenvalue weighted by atomic mass is 35.5. The van der Waals surface area contributed by atoms with Crippen molar-refractivity contribution in [3.63, 3.8) is 0 Å². The zero-order chi connectivity index (χ0) is 25.0. The Bertz CT molecular complexity index is 1220. The third-order valence-corrected chi connectivity index (χ3v) is 5.81. The summed E-state index contributed by atoms with van der Waals surface area (Å²) in [5.41, 5.74) is 1.17. The van der Waals surface area contributed by atoms with Crippen molar-refractivity contribution in [2.75, 3.05) is 6.54 Å². The van der Waals surface area contributed by atoms with E-state index in [9.17, 15) is 27.9 Å². The number of nitrogens with one attached hydrogen (secondary N) is 1. The molecular weight excluding hydrogens is 496 g/mol. The second kappa shape index (κ2) is 10.6. The number of carbonyl (C=O) groups excluding carboxylic acids is 1. The SMILES string of the molecule is Cc1c(Cl)cccc1CCNC(=O)Cn1nc(-c2ccc(Cl)cc2)n(CC(O)C(F)(F)F)c1=O. The van der Waals surface area contributed by atoms with Crippen LogP contribution in [0.15, 0.2) is 47.3 Å². The molecule has 1 aromatic heterocycles. The summed E-state index contributed by atoms with van der Waals surface area (Å²) < 4.78 is 40.2. The number of hydrogen-bond acceptors (Lipinski definition) is 4. The number of benzene rings is 2. The van der Waals surface area contributed by atoms with Crippen LogP contribution in [0.4, 0.5) is 13.2 Å². The lowest BCUT2D eigenvalue weighted by molar-refractivity contribution is -0.207. The summed E-state index contributed by atoms with van der Waals surface area (Å²) in [6, 6.07) is 11.3. The Morgan fingerprint density at radius 1 is 1.18 bits per heavy atom. The van der Waals surface area contributed by atoms with Crippen molar-refractivity contribution in [2.24, 2.45) is 0 Å². The van der Waals surface area contributed by atoms with Crippen LogP contribution < -0.4 is 11.0 Å². The molecule has 1 unspecified atom stereocenters. The molecule has 0 radical (unpaired) electrons. The third-order valence-electron chi connectivity index (χ3n) is 5.15. The van der Waals surface area contributed by atoms with Gasteiger partial charge in [0, 0.05) is 22.2 Å². The molecule has 0 spiro atoms. The molecule has 7 nitrogen and oxygen atoms in total. The number of halogens is 5. The second-order valence-corrected chi connectivity index (χ2v) is 8.41. The number of aromatic nitrogens is 3. The van der Waals surface area contributed by atoms with E-state index in [1.54, 1.807) is 12.1 Å². The number of nitrogens with zero attached hydrogens (tertiary/aromatic N) is 3. The number of hydrogen-bond donors (Lipinski definition) is 2. The minimum absolute atomic E-state index is 0.132. The van der Waals surface area contributed by atoms with E-state index in [0.717, 1.165) is 15.8 Å². The Balaban J connectivity index is 1.78. The summed E-state index contributed by atoms with van der Waals surface area (Å²) in [7, 11) is 0. The number of rotatable bonds is 8. The fourth-order valence-electron chi connectivity index (χ4n) is 3.25. The van der Waals surface area contributed by atoms with Crippen LogP contribution in [0.5, 0.6) is 0 Å². The molecule has 2 aromatic carbocycles. The van der Waals surface area contributed by atoms with Crippen molar-refractivity contribution in [1.29, 1.82) is 0 Å². The van der Waals surface area contributed by atoms with E-state index in [0.29, 0.717) is 26.6 Å². The second-order valence-electron chi connectivity index (χ2n) is 7.56. The standard InChI is InChI=1S/C22H21Cl2F3N4O3/c1-13-14(3-2-4-17(13)24)9-10-28-19(33)12-31-21(34)30(11-18(32)22(25,26)27)20(29-31)15-5-7-16(23)8-6-15/h2-8,18,32H,9-12H2,1H3,(H,28,33). The van der Waals surface area contributed by atoms with Gasteiger partial charge in [-0.25, -0.2) is 9.48 Å². The molecule has 12 heteroatoms. The maximum absolute atomic E-state index is 12.9. The first-order chi connectivity index (χ1) is 16.0. The Morgan fingerprint density at radius 3 is 2.50 bits per heavy atom. The monoisotopic (exact) mass is 516 g/mol. The lowest BCUT2D eigenvalue weighted by atomic mass is 10.1. The highest BCUT2D eigenvalue weighted by Gasteiger charge is 2.39. The van der Waals surface area contributed by atoms with Crippen molar-refractivity contribution in [3.8, 4) is 11.4 Å². The average molecular weight is 517 g/mol. The van der Waals surface area contributed by atoms with E-state index in [1.165, 1.54) is 24.3 Å². The van der Waals surface area contributed by atoms with Gasteiger partial charge in [-0.05, 0) is 54.8 Å². The van der Waals surface area contributed by atoms with E-state index < -0.39 is 37.0 Å². The molecule has 3 aromatic rings. The third kappa shape index (κ3) is 6.19. The van der Waals surface area contributed by atoms with Crippen LogP contribution in [0, 0.1) is 6.92 Å². The molecular formula is C22H21Cl2F3N4O3. The number of aliphatic hydroxyl groups is 1. The first-order valence-electron chi connectivity index (χ1n) is 10.2. The van der Waals surface area contributed by atoms with E-state index in [4.69, 9.17) is 23.2 Å². The zero-order valence-electron chi connectivity index (χ0n) is 17.9. The van der Waals surface area contributed by atoms with Gasteiger partial charge in [0.15, 0.2) is 11.9 Å². The molecule has 0 aliphatic heterocycles. The number of amides is 1. The fourth-order valence-corrected chi connectivity index (χ4v) is 3.57. The summed E-state index contributed by atoms with van der Waals surface area (Å²) in [6.45, 7) is 0.532. The summed E-state index contributed by atoms with van der Waals surface area (Å²) in [4.78, 5) is 25.2. The topological polar surface area (TPSA) is 89.2 Å². The summed E-state index contributed by atoms with van der Waals surface area (Å²) in [5.74, 6) is -0.683. The van der Waals surface area contributed by atoms with Gasteiger partial charge in [0.05, 0.1) is 6.54 Å². The van der Waals surface area contributed by atoms with Crippen LogP contribution in [-0.2, 0) is 24.3 Å². The lowest BCUT2D eigenvalue weighted by Crippen LogP contribution is -2.38. The Kier molecular flexibility index (Phi) is 8.06. The molecule has 0 aliphatic rings. The van der Waals surface area contributed by atoms with Crippen LogP contribution in [-0.4, -0.2) is 44.2 Å². The van der Waals surface area contributed by atoms with Crippen molar-refractivity contribution >= 4 is 29.1 Å². The highest BCUT2D eigenvalue weighted by molar-refractivity contribution is 6.31. The molecule has 1 heterocycles. The predicted octanol–water partition coefficient (Wildman–Crippen LogP) is 3.61. The van der Waals surface area contributed by atoms with E-state index in [2.05, 4.69) is 10.4 Å². The first-order valence-corrected chi connectivity index (χ1v) is 10.9. The minimum Gasteiger partial charge on any atom is -0.382 e. The van der Waals surface area contributed by atoms with Gasteiger partial charge in [0.25, 0.3) is 0 Å². The maximum atomic E-state index is 12.9. The van der Waals surface area contributed by atoms with Gasteiger partial charge in [-0.15, -0.1) is 5.10 Å². The first kappa shape index (κ1) is 25.8. The molecule has 34 heavy (non-hydrogen) atoms. The maximum Gasteiger partial charge on any atom is 0.416 e. The van der Waals surface area contributed by atoms with Crippen LogP contribution in [0.1, 0.15) is 11.1 Å². The molecule has 0 bridgehead atoms. The zero-order valence-corrected chi connectivity index (χ0v) is 19.5. The molecule has 182 valence electrons. The summed E-state index contributed by atoms with van der Waals surface area (Å²) in [6.07, 6.45) is -7.23. The normalized spacial score (nSPS) is 12.6. The molecule has 3 rings (SSSR count). The number of aliphatic hydroxyl groups excluding tert-OH is 1. The molecule has 0 aliphatic carbocycles. The molecule has 0 saturated carbocycles. The van der Waals surface area contributed by atoms with Crippen molar-refractivity contribution in [3.05, 3.63) is 74.1 Å². The largest absolute Gasteiger partial charge is 0.416 e. The molecule has 0 fully saturated rings. The van der Waals surface area contributed by atoms with Crippen LogP contribution in [0.25, 0.3) is 11.4 Å². The van der Waals surface area contributed by atoms with Gasteiger partial charge < -0.3 is 10.4 Å². The minimum atomic E-state index is -4.94. The lowest BCUT2D eigenvalue weighted by Gasteiger charge is -2.15. The molecule has 2 N–H and O–H groups in total. The summed E-state index contributed by atoms with van der Waals surface area (Å²) in [5, 5.41) is 17.2. The van der Waals surface area contributed by atoms with Crippen LogP contribution in [0.3, 0.4) is 0 Å². The van der Waals surface area contributed by atoms with Crippen LogP contribution >= 0.6 is 23.2 Å². The molecule has 1 atom stereocenters. The Morgan fingerprint density at radius 2 is 1.85 bits per heavy atom. The van der Waals surface area contributed by atoms with E-state index in [-0.39, 0.29) is 12.4 Å². The van der Waals surface area contributed by atoms with Crippen molar-refractivity contribution in [1.82, 2.24) is 19.7 Å². The van der Waals surface area contributed by atoms with E-state index in [1.807, 2.05) is 13.0 Å². The van der Waals surface area contributed by atoms with Gasteiger partial charge in [-0.3, -0.25) is 9.36 Å². The van der Waals surface area contributed by atoms with Gasteiger partial charge in [-0.2, -0.15) is 13.2 Å². The van der Waals surface area contributed by atoms with Crippen molar-refractivity contribution in [2.45, 2.75) is 38.7 Å². The quantitative estimate of drug-likeness (QED) is 0.478. The predicted molar refractivity (Wildman–Crippen MR) is 122 cm³/mol. The van der Waals surface area contributed by atoms with E-state index >= 15 is 0 Å². The Hall–Kier alpha value is -2.82. The smallest absolute Gasteiger partial charge is 0.382 e. The molecule has 1 amide bonds. The highest BCUT2D eigenvalue weighted by Crippen LogP contribution is 2.24.